The smallest absolute Gasteiger partial charge is 0.251 e. The fraction of sp³-hybridized carbons (Fsp3) is 0.611. The van der Waals surface area contributed by atoms with E-state index in [4.69, 9.17) is 0 Å². The molecule has 2 rings (SSSR count). The van der Waals surface area contributed by atoms with E-state index in [9.17, 15) is 13.2 Å². The van der Waals surface area contributed by atoms with Gasteiger partial charge in [-0.15, -0.1) is 12.4 Å². The van der Waals surface area contributed by atoms with Gasteiger partial charge in [-0.3, -0.25) is 4.79 Å². The summed E-state index contributed by atoms with van der Waals surface area (Å²) in [6.45, 7) is 9.24. The molecule has 1 heterocycles. The maximum absolute atomic E-state index is 12.5. The second-order valence-corrected chi connectivity index (χ2v) is 8.79. The molecule has 148 valence electrons. The average molecular weight is 404 g/mol. The third kappa shape index (κ3) is 5.42. The number of piperidine rings is 1. The van der Waals surface area contributed by atoms with Crippen molar-refractivity contribution in [2.75, 3.05) is 32.7 Å². The summed E-state index contributed by atoms with van der Waals surface area (Å²) in [6.07, 6.45) is 2.07. The number of hydrogen-bond donors (Lipinski definition) is 2. The Kier molecular flexibility index (Phi) is 8.53. The number of nitrogens with zero attached hydrogens (tertiary/aromatic N) is 1. The van der Waals surface area contributed by atoms with Crippen molar-refractivity contribution in [3.8, 4) is 0 Å². The first-order valence-corrected chi connectivity index (χ1v) is 10.4. The minimum atomic E-state index is -3.49. The molecular weight excluding hydrogens is 374 g/mol. The molecule has 1 amide bonds. The van der Waals surface area contributed by atoms with Crippen LogP contribution < -0.4 is 10.6 Å². The van der Waals surface area contributed by atoms with Crippen molar-refractivity contribution in [2.24, 2.45) is 5.41 Å². The number of carbonyl (C=O) groups is 1. The van der Waals surface area contributed by atoms with Gasteiger partial charge >= 0.3 is 0 Å². The zero-order valence-corrected chi connectivity index (χ0v) is 17.4. The Morgan fingerprint density at radius 2 is 1.69 bits per heavy atom. The third-order valence-electron chi connectivity index (χ3n) is 4.95. The summed E-state index contributed by atoms with van der Waals surface area (Å²) >= 11 is 0. The molecule has 0 unspecified atom stereocenters. The number of hydrogen-bond acceptors (Lipinski definition) is 4. The van der Waals surface area contributed by atoms with Gasteiger partial charge in [0.15, 0.2) is 0 Å². The van der Waals surface area contributed by atoms with Crippen LogP contribution in [0.3, 0.4) is 0 Å². The largest absolute Gasteiger partial charge is 0.351 e. The zero-order chi connectivity index (χ0) is 18.5. The van der Waals surface area contributed by atoms with E-state index in [-0.39, 0.29) is 28.6 Å². The Hall–Kier alpha value is -1.15. The summed E-state index contributed by atoms with van der Waals surface area (Å²) in [4.78, 5) is 12.6. The van der Waals surface area contributed by atoms with Gasteiger partial charge in [-0.1, -0.05) is 20.8 Å². The molecule has 0 bridgehead atoms. The lowest BCUT2D eigenvalue weighted by Crippen LogP contribution is -2.42. The van der Waals surface area contributed by atoms with Gasteiger partial charge in [0.05, 0.1) is 4.90 Å². The highest BCUT2D eigenvalue weighted by molar-refractivity contribution is 7.89. The molecule has 0 aliphatic carbocycles. The molecule has 0 spiro atoms. The number of sulfonamides is 1. The van der Waals surface area contributed by atoms with Crippen molar-refractivity contribution < 1.29 is 13.2 Å². The molecule has 6 nitrogen and oxygen atoms in total. The van der Waals surface area contributed by atoms with Gasteiger partial charge in [0, 0.05) is 25.2 Å². The molecule has 1 aliphatic heterocycles. The number of nitrogens with one attached hydrogen (secondary N) is 2. The van der Waals surface area contributed by atoms with E-state index < -0.39 is 10.0 Å². The maximum Gasteiger partial charge on any atom is 0.251 e. The van der Waals surface area contributed by atoms with Crippen molar-refractivity contribution >= 4 is 28.3 Å². The molecule has 0 radical (unpaired) electrons. The van der Waals surface area contributed by atoms with Gasteiger partial charge in [0.2, 0.25) is 10.0 Å². The van der Waals surface area contributed by atoms with Crippen LogP contribution in [0, 0.1) is 5.41 Å². The van der Waals surface area contributed by atoms with Crippen molar-refractivity contribution in [1.82, 2.24) is 14.9 Å². The van der Waals surface area contributed by atoms with E-state index in [2.05, 4.69) is 17.6 Å². The third-order valence-corrected chi connectivity index (χ3v) is 7.01. The zero-order valence-electron chi connectivity index (χ0n) is 15.7. The van der Waals surface area contributed by atoms with Crippen LogP contribution in [0.25, 0.3) is 0 Å². The molecular formula is C18H30ClN3O3S. The SMILES string of the molecule is CCN(CC)S(=O)(=O)c1ccc(C(=O)NCC2(C)CCNCC2)cc1.Cl. The highest BCUT2D eigenvalue weighted by Gasteiger charge is 2.27. The van der Waals surface area contributed by atoms with Gasteiger partial charge in [0.25, 0.3) is 5.91 Å². The van der Waals surface area contributed by atoms with Crippen molar-refractivity contribution in [3.05, 3.63) is 29.8 Å². The predicted octanol–water partition coefficient (Wildman–Crippen LogP) is 2.26. The number of rotatable bonds is 7. The standard InChI is InChI=1S/C18H29N3O3S.ClH/c1-4-21(5-2)25(23,24)16-8-6-15(7-9-16)17(22)20-14-18(3)10-12-19-13-11-18;/h6-9,19H,4-5,10-14H2,1-3H3,(H,20,22);1H. The molecule has 26 heavy (non-hydrogen) atoms. The Morgan fingerprint density at radius 1 is 1.15 bits per heavy atom. The number of halogens is 1. The topological polar surface area (TPSA) is 78.5 Å². The molecule has 2 N–H and O–H groups in total. The van der Waals surface area contributed by atoms with E-state index in [0.29, 0.717) is 25.2 Å². The van der Waals surface area contributed by atoms with E-state index in [1.165, 1.54) is 16.4 Å². The molecule has 0 saturated carbocycles. The summed E-state index contributed by atoms with van der Waals surface area (Å²) in [5, 5.41) is 6.31. The van der Waals surface area contributed by atoms with Crippen LogP contribution in [0.2, 0.25) is 0 Å². The minimum Gasteiger partial charge on any atom is -0.351 e. The van der Waals surface area contributed by atoms with Crippen LogP contribution in [-0.4, -0.2) is 51.4 Å². The molecule has 0 atom stereocenters. The Balaban J connectivity index is 0.00000338. The molecule has 1 aliphatic rings. The van der Waals surface area contributed by atoms with E-state index in [1.807, 2.05) is 13.8 Å². The number of carbonyl (C=O) groups excluding carboxylic acids is 1. The van der Waals surface area contributed by atoms with Crippen LogP contribution in [0.4, 0.5) is 0 Å². The maximum atomic E-state index is 12.5. The van der Waals surface area contributed by atoms with Gasteiger partial charge < -0.3 is 10.6 Å². The lowest BCUT2D eigenvalue weighted by Gasteiger charge is -2.34. The monoisotopic (exact) mass is 403 g/mol. The van der Waals surface area contributed by atoms with E-state index >= 15 is 0 Å². The van der Waals surface area contributed by atoms with Crippen molar-refractivity contribution in [1.29, 1.82) is 0 Å². The summed E-state index contributed by atoms with van der Waals surface area (Å²) in [5.74, 6) is -0.161. The van der Waals surface area contributed by atoms with Crippen LogP contribution >= 0.6 is 12.4 Å². The molecule has 1 aromatic carbocycles. The Morgan fingerprint density at radius 3 is 2.19 bits per heavy atom. The summed E-state index contributed by atoms with van der Waals surface area (Å²) in [5.41, 5.74) is 0.600. The normalized spacial score (nSPS) is 16.8. The summed E-state index contributed by atoms with van der Waals surface area (Å²) in [6, 6.07) is 6.18. The molecule has 8 heteroatoms. The molecule has 1 saturated heterocycles. The van der Waals surface area contributed by atoms with Crippen LogP contribution in [0.1, 0.15) is 44.0 Å². The van der Waals surface area contributed by atoms with Crippen LogP contribution in [0.5, 0.6) is 0 Å². The lowest BCUT2D eigenvalue weighted by atomic mass is 9.81. The van der Waals surface area contributed by atoms with Gasteiger partial charge in [-0.05, 0) is 55.6 Å². The fourth-order valence-corrected chi connectivity index (χ4v) is 4.55. The second-order valence-electron chi connectivity index (χ2n) is 6.86. The highest BCUT2D eigenvalue weighted by atomic mass is 35.5. The van der Waals surface area contributed by atoms with Crippen LogP contribution in [-0.2, 0) is 10.0 Å². The molecule has 0 aromatic heterocycles. The quantitative estimate of drug-likeness (QED) is 0.731. The van der Waals surface area contributed by atoms with Gasteiger partial charge in [-0.25, -0.2) is 8.42 Å². The average Bonchev–Trinajstić information content (AvgIpc) is 2.61. The second kappa shape index (κ2) is 9.69. The predicted molar refractivity (Wildman–Crippen MR) is 106 cm³/mol. The Labute approximate surface area is 163 Å². The number of amides is 1. The first-order chi connectivity index (χ1) is 11.8. The van der Waals surface area contributed by atoms with Crippen molar-refractivity contribution in [2.45, 2.75) is 38.5 Å². The van der Waals surface area contributed by atoms with Gasteiger partial charge in [0.1, 0.15) is 0 Å². The summed E-state index contributed by atoms with van der Waals surface area (Å²) < 4.78 is 26.3. The first kappa shape index (κ1) is 22.9. The summed E-state index contributed by atoms with van der Waals surface area (Å²) in [7, 11) is -3.49. The Bertz CT molecular complexity index is 682. The van der Waals surface area contributed by atoms with Gasteiger partial charge in [-0.2, -0.15) is 4.31 Å². The van der Waals surface area contributed by atoms with Crippen LogP contribution in [0.15, 0.2) is 29.2 Å². The first-order valence-electron chi connectivity index (χ1n) is 8.91. The minimum absolute atomic E-state index is 0. The molecule has 1 aromatic rings. The fourth-order valence-electron chi connectivity index (χ4n) is 3.09. The number of benzene rings is 1. The lowest BCUT2D eigenvalue weighted by molar-refractivity contribution is 0.0922. The van der Waals surface area contributed by atoms with E-state index in [0.717, 1.165) is 25.9 Å². The highest BCUT2D eigenvalue weighted by Crippen LogP contribution is 2.26. The van der Waals surface area contributed by atoms with E-state index in [1.54, 1.807) is 12.1 Å². The molecule has 1 fully saturated rings. The van der Waals surface area contributed by atoms with Crippen molar-refractivity contribution in [3.63, 3.8) is 0 Å².